The third-order valence-electron chi connectivity index (χ3n) is 14.4. The summed E-state index contributed by atoms with van der Waals surface area (Å²) in [7, 11) is 0. The van der Waals surface area contributed by atoms with Crippen molar-refractivity contribution in [2.75, 3.05) is 0 Å². The highest BCUT2D eigenvalue weighted by molar-refractivity contribution is 6.03. The molecule has 8 unspecified atom stereocenters. The molecule has 1 amide bonds. The molecule has 8 heteroatoms. The van der Waals surface area contributed by atoms with Crippen molar-refractivity contribution in [2.45, 2.75) is 131 Å². The highest BCUT2D eigenvalue weighted by Gasteiger charge is 2.67. The molecule has 0 radical (unpaired) electrons. The van der Waals surface area contributed by atoms with E-state index in [0.717, 1.165) is 56.1 Å². The van der Waals surface area contributed by atoms with E-state index in [2.05, 4.69) is 46.9 Å². The van der Waals surface area contributed by atoms with Gasteiger partial charge in [-0.15, -0.1) is 0 Å². The lowest BCUT2D eigenvalue weighted by Crippen LogP contribution is -2.64. The number of rotatable bonds is 7. The maximum atomic E-state index is 14.1. The number of carbonyl (C=O) groups excluding carboxylic acids is 3. The fourth-order valence-electron chi connectivity index (χ4n) is 12.2. The molecule has 268 valence electrons. The second kappa shape index (κ2) is 12.0. The zero-order valence-corrected chi connectivity index (χ0v) is 30.7. The first-order valence-electron chi connectivity index (χ1n) is 18.6. The molecule has 8 atom stereocenters. The van der Waals surface area contributed by atoms with Gasteiger partial charge in [-0.05, 0) is 135 Å². The Labute approximate surface area is 291 Å². The third kappa shape index (κ3) is 5.67. The molecule has 0 saturated heterocycles. The van der Waals surface area contributed by atoms with Gasteiger partial charge in [0.05, 0.1) is 17.4 Å². The largest absolute Gasteiger partial charge is 0.481 e. The monoisotopic (exact) mass is 677 g/mol. The van der Waals surface area contributed by atoms with Crippen LogP contribution in [0.1, 0.15) is 130 Å². The summed E-state index contributed by atoms with van der Waals surface area (Å²) in [5, 5.41) is 12.9. The molecular weight excluding hydrogens is 621 g/mol. The fourth-order valence-corrected chi connectivity index (χ4v) is 12.2. The van der Waals surface area contributed by atoms with Crippen LogP contribution in [-0.2, 0) is 19.1 Å². The van der Waals surface area contributed by atoms with Crippen LogP contribution in [0.2, 0.25) is 0 Å². The number of hydrogen-bond acceptors (Lipinski definition) is 5. The number of carbonyl (C=O) groups is 4. The number of aliphatic carboxylic acids is 1. The van der Waals surface area contributed by atoms with Crippen LogP contribution in [0, 0.1) is 57.1 Å². The Morgan fingerprint density at radius 3 is 2.33 bits per heavy atom. The summed E-state index contributed by atoms with van der Waals surface area (Å²) in [5.74, 6) is -0.640. The van der Waals surface area contributed by atoms with E-state index in [1.54, 1.807) is 26.0 Å². The number of fused-ring (bicyclic) bond motifs is 7. The number of amides is 1. The minimum atomic E-state index is -1.18. The van der Waals surface area contributed by atoms with Gasteiger partial charge in [-0.25, -0.2) is 4.39 Å². The van der Waals surface area contributed by atoms with Crippen LogP contribution in [0.15, 0.2) is 35.4 Å². The predicted molar refractivity (Wildman–Crippen MR) is 185 cm³/mol. The standard InChI is InChI=1S/C41H56FNO6/c1-23(2)33-28(44)21-41(43-35(46)24-10-9-11-25(42)20-24)19-14-27-26(34(33)41)12-13-30-39(27,7)17-15-29-38(5,6)31(16-18-40(29,30)8)49-32(45)22-37(3,4)36(47)48/h9-11,20,23,26-27,29-31H,12-19,21-22H2,1-8H3,(H,43,46)(H,47,48). The molecule has 7 nitrogen and oxygen atoms in total. The van der Waals surface area contributed by atoms with Crippen molar-refractivity contribution in [2.24, 2.45) is 51.2 Å². The molecule has 49 heavy (non-hydrogen) atoms. The first-order chi connectivity index (χ1) is 22.8. The topological polar surface area (TPSA) is 110 Å². The number of ether oxygens (including phenoxy) is 1. The van der Waals surface area contributed by atoms with Crippen LogP contribution in [0.3, 0.4) is 0 Å². The number of esters is 1. The Kier molecular flexibility index (Phi) is 8.79. The quantitative estimate of drug-likeness (QED) is 0.281. The van der Waals surface area contributed by atoms with Crippen molar-refractivity contribution in [1.29, 1.82) is 0 Å². The van der Waals surface area contributed by atoms with Crippen LogP contribution in [0.5, 0.6) is 0 Å². The lowest BCUT2D eigenvalue weighted by molar-refractivity contribution is -0.213. The average Bonchev–Trinajstić information content (AvgIpc) is 3.30. The molecule has 2 N–H and O–H groups in total. The molecule has 5 aliphatic carbocycles. The summed E-state index contributed by atoms with van der Waals surface area (Å²) in [6.45, 7) is 16.7. The lowest BCUT2D eigenvalue weighted by atomic mass is 9.37. The Balaban J connectivity index is 1.27. The lowest BCUT2D eigenvalue weighted by Gasteiger charge is -2.68. The Morgan fingerprint density at radius 2 is 1.67 bits per heavy atom. The summed E-state index contributed by atoms with van der Waals surface area (Å²) in [5.41, 5.74) is 0.256. The normalized spacial score (nSPS) is 36.7. The van der Waals surface area contributed by atoms with E-state index in [9.17, 15) is 28.7 Å². The molecule has 4 saturated carbocycles. The molecule has 0 aromatic heterocycles. The number of ketones is 1. The second-order valence-corrected chi connectivity index (χ2v) is 18.3. The van der Waals surface area contributed by atoms with Gasteiger partial charge in [-0.3, -0.25) is 19.2 Å². The smallest absolute Gasteiger partial charge is 0.309 e. The molecular formula is C41H56FNO6. The molecule has 0 bridgehead atoms. The summed E-state index contributed by atoms with van der Waals surface area (Å²) in [6.07, 6.45) is 7.27. The molecule has 1 aromatic rings. The molecule has 1 aromatic carbocycles. The Hall–Kier alpha value is -3.03. The highest BCUT2D eigenvalue weighted by Crippen LogP contribution is 2.72. The second-order valence-electron chi connectivity index (χ2n) is 18.3. The van der Waals surface area contributed by atoms with Gasteiger partial charge >= 0.3 is 11.9 Å². The number of Topliss-reactive ketones (excluding diaryl/α,β-unsaturated/α-hetero) is 1. The van der Waals surface area contributed by atoms with Gasteiger partial charge in [0.1, 0.15) is 11.9 Å². The zero-order valence-electron chi connectivity index (χ0n) is 30.7. The van der Waals surface area contributed by atoms with Crippen LogP contribution in [0.4, 0.5) is 4.39 Å². The van der Waals surface area contributed by atoms with E-state index < -0.39 is 28.7 Å². The van der Waals surface area contributed by atoms with Crippen molar-refractivity contribution >= 4 is 23.6 Å². The van der Waals surface area contributed by atoms with Crippen molar-refractivity contribution in [3.63, 3.8) is 0 Å². The summed E-state index contributed by atoms with van der Waals surface area (Å²) in [4.78, 5) is 52.1. The van der Waals surface area contributed by atoms with Gasteiger partial charge in [0.2, 0.25) is 0 Å². The van der Waals surface area contributed by atoms with Gasteiger partial charge in [0.15, 0.2) is 5.78 Å². The van der Waals surface area contributed by atoms with Crippen LogP contribution in [0.25, 0.3) is 0 Å². The van der Waals surface area contributed by atoms with Crippen molar-refractivity contribution < 1.29 is 33.4 Å². The molecule has 0 heterocycles. The van der Waals surface area contributed by atoms with E-state index in [1.807, 2.05) is 0 Å². The van der Waals surface area contributed by atoms with Crippen LogP contribution < -0.4 is 5.32 Å². The van der Waals surface area contributed by atoms with Gasteiger partial charge < -0.3 is 15.2 Å². The first-order valence-corrected chi connectivity index (χ1v) is 18.6. The maximum Gasteiger partial charge on any atom is 0.309 e. The summed E-state index contributed by atoms with van der Waals surface area (Å²) >= 11 is 0. The van der Waals surface area contributed by atoms with E-state index in [1.165, 1.54) is 12.1 Å². The molecule has 0 aliphatic heterocycles. The van der Waals surface area contributed by atoms with Gasteiger partial charge in [-0.2, -0.15) is 0 Å². The molecule has 4 fully saturated rings. The number of nitrogens with one attached hydrogen (secondary N) is 1. The molecule has 6 rings (SSSR count). The number of hydrogen-bond donors (Lipinski definition) is 2. The first kappa shape index (κ1) is 35.8. The van der Waals surface area contributed by atoms with E-state index >= 15 is 0 Å². The minimum Gasteiger partial charge on any atom is -0.481 e. The number of benzene rings is 1. The van der Waals surface area contributed by atoms with Crippen LogP contribution in [-0.4, -0.2) is 40.4 Å². The SMILES string of the molecule is CC(C)C1=C2C3CCC4C(C)(CCC5C(C)(C)C(OC(=O)CC(C)(C)C(=O)O)CCC54C)C3CCC2(NC(=O)c2cccc(F)c2)CC1=O. The summed E-state index contributed by atoms with van der Waals surface area (Å²) in [6, 6.07) is 5.77. The van der Waals surface area contributed by atoms with Crippen molar-refractivity contribution in [1.82, 2.24) is 5.32 Å². The predicted octanol–water partition coefficient (Wildman–Crippen LogP) is 8.31. The number of halogens is 1. The number of carboxylic acid groups (broad SMARTS) is 1. The van der Waals surface area contributed by atoms with Gasteiger partial charge in [-0.1, -0.05) is 47.6 Å². The summed E-state index contributed by atoms with van der Waals surface area (Å²) < 4.78 is 20.2. The third-order valence-corrected chi connectivity index (χ3v) is 14.4. The Morgan fingerprint density at radius 1 is 0.980 bits per heavy atom. The molecule has 5 aliphatic rings. The van der Waals surface area contributed by atoms with Crippen molar-refractivity contribution in [3.8, 4) is 0 Å². The number of carboxylic acids is 1. The average molecular weight is 678 g/mol. The Bertz CT molecular complexity index is 1590. The van der Waals surface area contributed by atoms with Gasteiger partial charge in [0, 0.05) is 17.4 Å². The zero-order chi connectivity index (χ0) is 35.9. The fraction of sp³-hybridized carbons (Fsp3) is 0.707. The maximum absolute atomic E-state index is 14.1. The van der Waals surface area contributed by atoms with Gasteiger partial charge in [0.25, 0.3) is 5.91 Å². The minimum absolute atomic E-state index is 0.0472. The van der Waals surface area contributed by atoms with E-state index in [-0.39, 0.29) is 64.3 Å². The number of allylic oxidation sites excluding steroid dienone is 1. The van der Waals surface area contributed by atoms with E-state index in [0.29, 0.717) is 24.2 Å². The van der Waals surface area contributed by atoms with Crippen molar-refractivity contribution in [3.05, 3.63) is 46.8 Å². The van der Waals surface area contributed by atoms with E-state index in [4.69, 9.17) is 4.74 Å². The molecule has 0 spiro atoms. The highest BCUT2D eigenvalue weighted by atomic mass is 19.1. The van der Waals surface area contributed by atoms with Crippen LogP contribution >= 0.6 is 0 Å².